The molecule has 0 aliphatic carbocycles. The van der Waals surface area contributed by atoms with Crippen LogP contribution in [0, 0.1) is 11.8 Å². The third kappa shape index (κ3) is 4.09. The highest BCUT2D eigenvalue weighted by Gasteiger charge is 2.19. The lowest BCUT2D eigenvalue weighted by Gasteiger charge is -2.30. The van der Waals surface area contributed by atoms with Crippen LogP contribution in [0.5, 0.6) is 0 Å². The molecule has 1 aromatic carbocycles. The summed E-state index contributed by atoms with van der Waals surface area (Å²) in [6.45, 7) is 1.85. The first-order valence-electron chi connectivity index (χ1n) is 6.88. The molecule has 0 radical (unpaired) electrons. The molecule has 2 rings (SSSR count). The van der Waals surface area contributed by atoms with Crippen LogP contribution in [0.2, 0.25) is 0 Å². The van der Waals surface area contributed by atoms with Crippen LogP contribution >= 0.6 is 0 Å². The van der Waals surface area contributed by atoms with Gasteiger partial charge in [0.1, 0.15) is 6.61 Å². The van der Waals surface area contributed by atoms with Gasteiger partial charge >= 0.3 is 0 Å². The van der Waals surface area contributed by atoms with Crippen molar-refractivity contribution in [1.82, 2.24) is 10.2 Å². The van der Waals surface area contributed by atoms with Crippen LogP contribution in [-0.4, -0.2) is 48.7 Å². The predicted molar refractivity (Wildman–Crippen MR) is 78.4 cm³/mol. The molecule has 1 atom stereocenters. The minimum Gasteiger partial charge on any atom is -0.384 e. The maximum absolute atomic E-state index is 12.1. The first-order valence-corrected chi connectivity index (χ1v) is 6.88. The van der Waals surface area contributed by atoms with E-state index in [1.807, 2.05) is 0 Å². The average Bonchev–Trinajstić information content (AvgIpc) is 2.45. The van der Waals surface area contributed by atoms with Crippen molar-refractivity contribution in [2.24, 2.45) is 0 Å². The number of amides is 1. The zero-order chi connectivity index (χ0) is 14.4. The van der Waals surface area contributed by atoms with E-state index in [9.17, 15) is 4.79 Å². The number of carbonyl (C=O) groups excluding carboxylic acids is 1. The van der Waals surface area contributed by atoms with Crippen LogP contribution in [0.4, 0.5) is 0 Å². The molecule has 2 N–H and O–H groups in total. The quantitative estimate of drug-likeness (QED) is 0.785. The molecule has 106 valence electrons. The van der Waals surface area contributed by atoms with E-state index in [4.69, 9.17) is 5.11 Å². The van der Waals surface area contributed by atoms with E-state index >= 15 is 0 Å². The average molecular weight is 272 g/mol. The summed E-state index contributed by atoms with van der Waals surface area (Å²) in [6, 6.07) is 7.36. The van der Waals surface area contributed by atoms with E-state index in [0.717, 1.165) is 31.5 Å². The van der Waals surface area contributed by atoms with Crippen molar-refractivity contribution in [3.8, 4) is 11.8 Å². The van der Waals surface area contributed by atoms with Crippen LogP contribution in [0.25, 0.3) is 0 Å². The third-order valence-corrected chi connectivity index (χ3v) is 3.42. The molecule has 1 aliphatic heterocycles. The largest absolute Gasteiger partial charge is 0.384 e. The Bertz CT molecular complexity index is 514. The topological polar surface area (TPSA) is 52.6 Å². The van der Waals surface area contributed by atoms with Gasteiger partial charge in [0.2, 0.25) is 0 Å². The van der Waals surface area contributed by atoms with Gasteiger partial charge in [-0.2, -0.15) is 0 Å². The molecule has 1 fully saturated rings. The van der Waals surface area contributed by atoms with Crippen molar-refractivity contribution in [3.05, 3.63) is 35.4 Å². The van der Waals surface area contributed by atoms with Crippen LogP contribution in [0.15, 0.2) is 24.3 Å². The van der Waals surface area contributed by atoms with Crippen molar-refractivity contribution in [2.45, 2.75) is 18.9 Å². The molecule has 1 aromatic rings. The van der Waals surface area contributed by atoms with E-state index in [-0.39, 0.29) is 18.6 Å². The minimum atomic E-state index is -0.155. The molecule has 0 bridgehead atoms. The lowest BCUT2D eigenvalue weighted by Crippen LogP contribution is -2.46. The highest BCUT2D eigenvalue weighted by molar-refractivity contribution is 5.94. The van der Waals surface area contributed by atoms with Gasteiger partial charge in [0.15, 0.2) is 0 Å². The van der Waals surface area contributed by atoms with Crippen LogP contribution in [-0.2, 0) is 0 Å². The van der Waals surface area contributed by atoms with Crippen LogP contribution in [0.3, 0.4) is 0 Å². The summed E-state index contributed by atoms with van der Waals surface area (Å²) in [5, 5.41) is 11.7. The Hall–Kier alpha value is -1.83. The van der Waals surface area contributed by atoms with Gasteiger partial charge in [0, 0.05) is 23.7 Å². The number of likely N-dealkylation sites (tertiary alicyclic amines) is 1. The Kier molecular flexibility index (Phi) is 5.16. The van der Waals surface area contributed by atoms with Gasteiger partial charge < -0.3 is 15.3 Å². The first kappa shape index (κ1) is 14.6. The smallest absolute Gasteiger partial charge is 0.251 e. The number of benzene rings is 1. The number of aliphatic hydroxyl groups is 1. The Balaban J connectivity index is 1.95. The fourth-order valence-electron chi connectivity index (χ4n) is 2.40. The fraction of sp³-hybridized carbons (Fsp3) is 0.438. The van der Waals surface area contributed by atoms with Crippen molar-refractivity contribution in [2.75, 3.05) is 26.7 Å². The second kappa shape index (κ2) is 7.09. The summed E-state index contributed by atoms with van der Waals surface area (Å²) in [4.78, 5) is 14.4. The maximum Gasteiger partial charge on any atom is 0.251 e. The first-order chi connectivity index (χ1) is 9.69. The number of piperidine rings is 1. The number of hydrogen-bond acceptors (Lipinski definition) is 3. The number of nitrogens with zero attached hydrogens (tertiary/aromatic N) is 1. The second-order valence-corrected chi connectivity index (χ2v) is 5.11. The lowest BCUT2D eigenvalue weighted by molar-refractivity contribution is 0.0912. The van der Waals surface area contributed by atoms with E-state index in [1.165, 1.54) is 0 Å². The van der Waals surface area contributed by atoms with Gasteiger partial charge in [-0.1, -0.05) is 11.8 Å². The minimum absolute atomic E-state index is 0.0352. The molecular formula is C16H20N2O2. The third-order valence-electron chi connectivity index (χ3n) is 3.42. The molecule has 0 spiro atoms. The Morgan fingerprint density at radius 3 is 2.85 bits per heavy atom. The Labute approximate surface area is 119 Å². The molecular weight excluding hydrogens is 252 g/mol. The normalized spacial score (nSPS) is 19.0. The maximum atomic E-state index is 12.1. The van der Waals surface area contributed by atoms with Gasteiger partial charge in [-0.05, 0) is 50.7 Å². The predicted octanol–water partition coefficient (Wildman–Crippen LogP) is 0.854. The summed E-state index contributed by atoms with van der Waals surface area (Å²) in [5.74, 6) is 5.36. The zero-order valence-corrected chi connectivity index (χ0v) is 11.7. The number of hydrogen-bond donors (Lipinski definition) is 2. The van der Waals surface area contributed by atoms with E-state index < -0.39 is 0 Å². The van der Waals surface area contributed by atoms with Crippen molar-refractivity contribution >= 4 is 5.91 Å². The summed E-state index contributed by atoms with van der Waals surface area (Å²) in [5.41, 5.74) is 1.45. The molecule has 4 heteroatoms. The summed E-state index contributed by atoms with van der Waals surface area (Å²) in [6.07, 6.45) is 2.16. The molecule has 0 saturated carbocycles. The van der Waals surface area contributed by atoms with E-state index in [0.29, 0.717) is 5.56 Å². The van der Waals surface area contributed by atoms with Gasteiger partial charge in [0.05, 0.1) is 0 Å². The van der Waals surface area contributed by atoms with Gasteiger partial charge in [-0.15, -0.1) is 0 Å². The van der Waals surface area contributed by atoms with Gasteiger partial charge in [-0.25, -0.2) is 0 Å². The SMILES string of the molecule is CN1CCCC(NC(=O)c2ccc(C#CCO)cc2)C1. The number of nitrogens with one attached hydrogen (secondary N) is 1. The van der Waals surface area contributed by atoms with Crippen molar-refractivity contribution < 1.29 is 9.90 Å². The monoisotopic (exact) mass is 272 g/mol. The molecule has 20 heavy (non-hydrogen) atoms. The summed E-state index contributed by atoms with van der Waals surface area (Å²) >= 11 is 0. The second-order valence-electron chi connectivity index (χ2n) is 5.11. The van der Waals surface area contributed by atoms with E-state index in [2.05, 4.69) is 29.1 Å². The lowest BCUT2D eigenvalue weighted by atomic mass is 10.1. The Morgan fingerprint density at radius 2 is 2.20 bits per heavy atom. The van der Waals surface area contributed by atoms with Crippen LogP contribution < -0.4 is 5.32 Å². The number of rotatable bonds is 2. The molecule has 4 nitrogen and oxygen atoms in total. The molecule has 1 heterocycles. The highest BCUT2D eigenvalue weighted by atomic mass is 16.2. The zero-order valence-electron chi connectivity index (χ0n) is 11.7. The van der Waals surface area contributed by atoms with Crippen LogP contribution in [0.1, 0.15) is 28.8 Å². The molecule has 1 amide bonds. The van der Waals surface area contributed by atoms with Crippen molar-refractivity contribution in [1.29, 1.82) is 0 Å². The number of likely N-dealkylation sites (N-methyl/N-ethyl adjacent to an activating group) is 1. The van der Waals surface area contributed by atoms with Gasteiger partial charge in [-0.3, -0.25) is 4.79 Å². The van der Waals surface area contributed by atoms with Crippen molar-refractivity contribution in [3.63, 3.8) is 0 Å². The highest BCUT2D eigenvalue weighted by Crippen LogP contribution is 2.09. The summed E-state index contributed by atoms with van der Waals surface area (Å²) in [7, 11) is 2.08. The molecule has 1 saturated heterocycles. The van der Waals surface area contributed by atoms with Gasteiger partial charge in [0.25, 0.3) is 5.91 Å². The Morgan fingerprint density at radius 1 is 1.45 bits per heavy atom. The van der Waals surface area contributed by atoms with E-state index in [1.54, 1.807) is 24.3 Å². The number of carbonyl (C=O) groups is 1. The molecule has 1 unspecified atom stereocenters. The summed E-state index contributed by atoms with van der Waals surface area (Å²) < 4.78 is 0. The number of aliphatic hydroxyl groups excluding tert-OH is 1. The molecule has 0 aromatic heterocycles. The molecule has 1 aliphatic rings. The fourth-order valence-corrected chi connectivity index (χ4v) is 2.40. The standard InChI is InChI=1S/C16H20N2O2/c1-18-10-2-5-15(12-18)17-16(20)14-8-6-13(7-9-14)4-3-11-19/h6-9,15,19H,2,5,10-12H2,1H3,(H,17,20).